The third kappa shape index (κ3) is 6.66. The lowest BCUT2D eigenvalue weighted by molar-refractivity contribution is 1.28. The first-order valence-electron chi connectivity index (χ1n) is 14.7. The molecule has 0 aliphatic carbocycles. The highest BCUT2D eigenvalue weighted by Gasteiger charge is 2.16. The van der Waals surface area contributed by atoms with Gasteiger partial charge in [0.15, 0.2) is 0 Å². The van der Waals surface area contributed by atoms with E-state index >= 15 is 0 Å². The number of hydrogen-bond acceptors (Lipinski definition) is 1. The predicted octanol–water partition coefficient (Wildman–Crippen LogP) is 13.6. The first kappa shape index (κ1) is 31.7. The Bertz CT molecular complexity index is 1820. The highest BCUT2D eigenvalue weighted by atomic mass is 79.9. The summed E-state index contributed by atoms with van der Waals surface area (Å²) in [6.07, 6.45) is 0. The van der Waals surface area contributed by atoms with Crippen molar-refractivity contribution < 1.29 is 0 Å². The second kappa shape index (κ2) is 14.0. The molecule has 224 valence electrons. The van der Waals surface area contributed by atoms with E-state index in [1.807, 2.05) is 54.6 Å². The lowest BCUT2D eigenvalue weighted by Crippen LogP contribution is -2.10. The largest absolute Gasteiger partial charge is 0.311 e. The molecule has 4 heteroatoms. The Morgan fingerprint density at radius 2 is 0.587 bits per heavy atom. The average Bonchev–Trinajstić information content (AvgIpc) is 3.09. The fraction of sp³-hybridized carbons (Fsp3) is 0. The molecule has 0 amide bonds. The van der Waals surface area contributed by atoms with Crippen molar-refractivity contribution in [2.45, 2.75) is 0 Å². The number of rotatable bonds is 9. The van der Waals surface area contributed by atoms with Gasteiger partial charge in [-0.1, -0.05) is 159 Å². The molecule has 0 radical (unpaired) electrons. The van der Waals surface area contributed by atoms with Gasteiger partial charge in [0.2, 0.25) is 0 Å². The molecule has 0 spiro atoms. The summed E-state index contributed by atoms with van der Waals surface area (Å²) in [6, 6.07) is 50.2. The molecule has 6 aromatic carbocycles. The van der Waals surface area contributed by atoms with E-state index < -0.39 is 0 Å². The van der Waals surface area contributed by atoms with Gasteiger partial charge < -0.3 is 4.90 Å². The molecule has 0 N–H and O–H groups in total. The molecule has 1 nitrogen and oxygen atoms in total. The summed E-state index contributed by atoms with van der Waals surface area (Å²) < 4.78 is 3.08. The van der Waals surface area contributed by atoms with Gasteiger partial charge in [0.05, 0.1) is 0 Å². The molecule has 0 saturated carbocycles. The topological polar surface area (TPSA) is 3.24 Å². The van der Waals surface area contributed by atoms with Crippen LogP contribution in [0.2, 0.25) is 0 Å². The van der Waals surface area contributed by atoms with Gasteiger partial charge in [0.1, 0.15) is 0 Å². The number of halogens is 3. The van der Waals surface area contributed by atoms with Gasteiger partial charge in [-0.25, -0.2) is 0 Å². The first-order valence-corrected chi connectivity index (χ1v) is 17.1. The van der Waals surface area contributed by atoms with Crippen molar-refractivity contribution in [1.82, 2.24) is 0 Å². The van der Waals surface area contributed by atoms with E-state index in [0.717, 1.165) is 80.6 Å². The zero-order chi connectivity index (χ0) is 32.2. The molecule has 46 heavy (non-hydrogen) atoms. The summed E-state index contributed by atoms with van der Waals surface area (Å²) >= 11 is 11.0. The highest BCUT2D eigenvalue weighted by molar-refractivity contribution is 9.11. The summed E-state index contributed by atoms with van der Waals surface area (Å²) in [6.45, 7) is 13.2. The minimum Gasteiger partial charge on any atom is -0.311 e. The highest BCUT2D eigenvalue weighted by Crippen LogP contribution is 2.39. The fourth-order valence-corrected chi connectivity index (χ4v) is 7.04. The van der Waals surface area contributed by atoms with Crippen LogP contribution in [0.25, 0.3) is 16.7 Å². The molecule has 6 aromatic rings. The Labute approximate surface area is 296 Å². The Morgan fingerprint density at radius 3 is 0.826 bits per heavy atom. The van der Waals surface area contributed by atoms with Gasteiger partial charge in [0.25, 0.3) is 0 Å². The standard InChI is InChI=1S/C42H30Br3N/c1-28(37-10-4-7-13-40(37)43)31-16-22-34(23-17-31)46(35-24-18-32(19-25-35)29(2)38-11-5-8-14-41(38)44)36-26-20-33(21-27-36)30(3)39-12-6-9-15-42(39)45/h4-27H,1-3H2. The summed E-state index contributed by atoms with van der Waals surface area (Å²) in [5, 5.41) is 0. The third-order valence-corrected chi connectivity index (χ3v) is 10.1. The van der Waals surface area contributed by atoms with Crippen LogP contribution in [0, 0.1) is 0 Å². The number of anilines is 3. The maximum absolute atomic E-state index is 4.39. The van der Waals surface area contributed by atoms with Gasteiger partial charge in [-0.15, -0.1) is 0 Å². The molecule has 0 aliphatic heterocycles. The van der Waals surface area contributed by atoms with Gasteiger partial charge >= 0.3 is 0 Å². The number of hydrogen-bond donors (Lipinski definition) is 0. The SMILES string of the molecule is C=C(c1ccc(N(c2ccc(C(=C)c3ccccc3Br)cc2)c2ccc(C(=C)c3ccccc3Br)cc2)cc1)c1ccccc1Br. The third-order valence-electron chi connectivity index (χ3n) is 8.02. The minimum absolute atomic E-state index is 0.968. The maximum atomic E-state index is 4.39. The van der Waals surface area contributed by atoms with Crippen molar-refractivity contribution in [2.75, 3.05) is 4.90 Å². The Morgan fingerprint density at radius 1 is 0.348 bits per heavy atom. The summed E-state index contributed by atoms with van der Waals surface area (Å²) in [5.74, 6) is 0. The van der Waals surface area contributed by atoms with Crippen LogP contribution in [0.1, 0.15) is 33.4 Å². The molecule has 0 unspecified atom stereocenters. The van der Waals surface area contributed by atoms with Crippen LogP contribution in [-0.4, -0.2) is 0 Å². The molecule has 0 saturated heterocycles. The van der Waals surface area contributed by atoms with Crippen LogP contribution < -0.4 is 4.90 Å². The summed E-state index contributed by atoms with van der Waals surface area (Å²) in [5.41, 5.74) is 12.5. The van der Waals surface area contributed by atoms with Crippen molar-refractivity contribution in [2.24, 2.45) is 0 Å². The van der Waals surface area contributed by atoms with Crippen LogP contribution in [-0.2, 0) is 0 Å². The minimum atomic E-state index is 0.968. The van der Waals surface area contributed by atoms with E-state index in [2.05, 4.69) is 163 Å². The Hall–Kier alpha value is -4.22. The molecule has 0 fully saturated rings. The Balaban J connectivity index is 1.36. The second-order valence-electron chi connectivity index (χ2n) is 10.9. The quantitative estimate of drug-likeness (QED) is 0.141. The zero-order valence-electron chi connectivity index (χ0n) is 25.1. The van der Waals surface area contributed by atoms with Gasteiger partial charge in [0, 0.05) is 30.5 Å². The molecule has 0 heterocycles. The lowest BCUT2D eigenvalue weighted by atomic mass is 9.98. The van der Waals surface area contributed by atoms with Crippen LogP contribution in [0.4, 0.5) is 17.1 Å². The normalized spacial score (nSPS) is 10.8. The van der Waals surface area contributed by atoms with Crippen molar-refractivity contribution in [3.63, 3.8) is 0 Å². The first-order chi connectivity index (χ1) is 22.3. The van der Waals surface area contributed by atoms with Crippen LogP contribution in [0.15, 0.2) is 179 Å². The predicted molar refractivity (Wildman–Crippen MR) is 208 cm³/mol. The summed E-state index contributed by atoms with van der Waals surface area (Å²) in [4.78, 5) is 2.26. The number of benzene rings is 6. The molecule has 0 atom stereocenters. The Kier molecular flexibility index (Phi) is 9.70. The fourth-order valence-electron chi connectivity index (χ4n) is 5.47. The van der Waals surface area contributed by atoms with E-state index in [1.54, 1.807) is 0 Å². The van der Waals surface area contributed by atoms with Gasteiger partial charge in [-0.3, -0.25) is 0 Å². The molecule has 0 aromatic heterocycles. The monoisotopic (exact) mass is 785 g/mol. The van der Waals surface area contributed by atoms with E-state index in [0.29, 0.717) is 0 Å². The smallest absolute Gasteiger partial charge is 0.0462 e. The van der Waals surface area contributed by atoms with Crippen molar-refractivity contribution >= 4 is 81.6 Å². The van der Waals surface area contributed by atoms with Crippen molar-refractivity contribution in [3.8, 4) is 0 Å². The average molecular weight is 788 g/mol. The van der Waals surface area contributed by atoms with E-state index in [4.69, 9.17) is 0 Å². The van der Waals surface area contributed by atoms with Gasteiger partial charge in [-0.2, -0.15) is 0 Å². The molecular formula is C42H30Br3N. The molecule has 6 rings (SSSR count). The van der Waals surface area contributed by atoms with E-state index in [9.17, 15) is 0 Å². The number of nitrogens with zero attached hydrogens (tertiary/aromatic N) is 1. The zero-order valence-corrected chi connectivity index (χ0v) is 29.8. The van der Waals surface area contributed by atoms with Crippen LogP contribution in [0.5, 0.6) is 0 Å². The van der Waals surface area contributed by atoms with Crippen LogP contribution >= 0.6 is 47.8 Å². The molecule has 0 bridgehead atoms. The van der Waals surface area contributed by atoms with Crippen molar-refractivity contribution in [1.29, 1.82) is 0 Å². The van der Waals surface area contributed by atoms with Crippen LogP contribution in [0.3, 0.4) is 0 Å². The van der Waals surface area contributed by atoms with E-state index in [-0.39, 0.29) is 0 Å². The molecule has 0 aliphatic rings. The maximum Gasteiger partial charge on any atom is 0.0462 e. The van der Waals surface area contributed by atoms with Crippen molar-refractivity contribution in [3.05, 3.63) is 212 Å². The van der Waals surface area contributed by atoms with E-state index in [1.165, 1.54) is 0 Å². The second-order valence-corrected chi connectivity index (χ2v) is 13.4. The molecular weight excluding hydrogens is 758 g/mol. The van der Waals surface area contributed by atoms with Gasteiger partial charge in [-0.05, 0) is 105 Å². The lowest BCUT2D eigenvalue weighted by Gasteiger charge is -2.26. The summed E-state index contributed by atoms with van der Waals surface area (Å²) in [7, 11) is 0.